The van der Waals surface area contributed by atoms with E-state index in [1.54, 1.807) is 0 Å². The molecule has 0 aromatic heterocycles. The molecule has 0 N–H and O–H groups in total. The first-order chi connectivity index (χ1) is 11.3. The van der Waals surface area contributed by atoms with Crippen LogP contribution in [0.3, 0.4) is 0 Å². The molecule has 0 heterocycles. The lowest BCUT2D eigenvalue weighted by Crippen LogP contribution is -2.36. The topological polar surface area (TPSA) is 51.0 Å². The van der Waals surface area contributed by atoms with E-state index < -0.39 is 0 Å². The molecule has 23 heavy (non-hydrogen) atoms. The van der Waals surface area contributed by atoms with Crippen LogP contribution in [0, 0.1) is 0 Å². The third-order valence-electron chi connectivity index (χ3n) is 3.38. The molecule has 0 saturated heterocycles. The van der Waals surface area contributed by atoms with Crippen LogP contribution in [-0.2, 0) is 18.9 Å². The van der Waals surface area contributed by atoms with Gasteiger partial charge in [-0.15, -0.1) is 0 Å². The largest absolute Gasteiger partial charge is 0.355 e. The number of rotatable bonds is 18. The van der Waals surface area contributed by atoms with Crippen molar-refractivity contribution in [1.29, 1.82) is 0 Å². The van der Waals surface area contributed by atoms with Gasteiger partial charge in [0.05, 0.1) is 0 Å². The Hall–Kier alpha value is -0.200. The Morgan fingerprint density at radius 2 is 1.09 bits per heavy atom. The van der Waals surface area contributed by atoms with Crippen molar-refractivity contribution in [3.05, 3.63) is 0 Å². The monoisotopic (exact) mass is 332 g/mol. The van der Waals surface area contributed by atoms with Crippen molar-refractivity contribution < 1.29 is 18.9 Å². The van der Waals surface area contributed by atoms with Gasteiger partial charge in [-0.2, -0.15) is 5.32 Å². The van der Waals surface area contributed by atoms with E-state index in [1.807, 2.05) is 0 Å². The molecule has 0 bridgehead atoms. The van der Waals surface area contributed by atoms with Crippen LogP contribution in [0.4, 0.5) is 0 Å². The van der Waals surface area contributed by atoms with Crippen LogP contribution in [0.1, 0.15) is 79.1 Å². The van der Waals surface area contributed by atoms with Crippen molar-refractivity contribution >= 4 is 0 Å². The fourth-order valence-corrected chi connectivity index (χ4v) is 1.95. The second-order valence-corrected chi connectivity index (χ2v) is 5.73. The average molecular weight is 333 g/mol. The molecule has 0 saturated carbocycles. The van der Waals surface area contributed by atoms with Gasteiger partial charge in [-0.3, -0.25) is 0 Å². The number of unbranched alkanes of at least 4 members (excludes halogenated alkanes) is 2. The molecular formula is C18H38NO4. The highest BCUT2D eigenvalue weighted by molar-refractivity contribution is 4.60. The molecule has 0 rings (SSSR count). The van der Waals surface area contributed by atoms with Gasteiger partial charge in [0.2, 0.25) is 0 Å². The highest BCUT2D eigenvalue weighted by atomic mass is 16.7. The van der Waals surface area contributed by atoms with Gasteiger partial charge in [0.25, 0.3) is 0 Å². The average Bonchev–Trinajstić information content (AvgIpc) is 2.54. The van der Waals surface area contributed by atoms with Crippen LogP contribution in [-0.4, -0.2) is 39.3 Å². The minimum Gasteiger partial charge on any atom is -0.355 e. The van der Waals surface area contributed by atoms with Crippen molar-refractivity contribution in [3.8, 4) is 0 Å². The summed E-state index contributed by atoms with van der Waals surface area (Å²) in [6.07, 6.45) is 7.90. The molecule has 0 fully saturated rings. The van der Waals surface area contributed by atoms with Gasteiger partial charge in [0.15, 0.2) is 0 Å². The third kappa shape index (κ3) is 15.1. The maximum Gasteiger partial charge on any atom is 0.148 e. The number of nitrogens with zero attached hydrogens (tertiary/aromatic N) is 1. The van der Waals surface area contributed by atoms with Crippen LogP contribution < -0.4 is 5.32 Å². The van der Waals surface area contributed by atoms with E-state index in [0.29, 0.717) is 13.6 Å². The lowest BCUT2D eigenvalue weighted by atomic mass is 10.2. The van der Waals surface area contributed by atoms with Gasteiger partial charge in [-0.05, 0) is 25.7 Å². The molecule has 5 heteroatoms. The summed E-state index contributed by atoms with van der Waals surface area (Å²) in [4.78, 5) is 0. The molecule has 0 aliphatic carbocycles. The first-order valence-corrected chi connectivity index (χ1v) is 9.36. The molecule has 0 aliphatic heterocycles. The van der Waals surface area contributed by atoms with Crippen LogP contribution in [0.15, 0.2) is 0 Å². The van der Waals surface area contributed by atoms with E-state index >= 15 is 0 Å². The minimum absolute atomic E-state index is 0.159. The quantitative estimate of drug-likeness (QED) is 0.275. The van der Waals surface area contributed by atoms with Crippen LogP contribution >= 0.6 is 0 Å². The predicted molar refractivity (Wildman–Crippen MR) is 93.2 cm³/mol. The molecule has 2 unspecified atom stereocenters. The van der Waals surface area contributed by atoms with Gasteiger partial charge in [0, 0.05) is 13.2 Å². The van der Waals surface area contributed by atoms with E-state index in [2.05, 4.69) is 33.0 Å². The molecular weight excluding hydrogens is 294 g/mol. The highest BCUT2D eigenvalue weighted by Gasteiger charge is 2.17. The van der Waals surface area contributed by atoms with Crippen molar-refractivity contribution in [2.24, 2.45) is 0 Å². The molecule has 0 aromatic carbocycles. The van der Waals surface area contributed by atoms with Crippen LogP contribution in [0.5, 0.6) is 0 Å². The van der Waals surface area contributed by atoms with Gasteiger partial charge in [0.1, 0.15) is 26.0 Å². The standard InChI is InChI=1S/C18H38NO4/c1-5-9-13-20-15-22-17(11-7-3)19-18(12-8-4)23-16-21-14-10-6-2/h17-18H,5-16H2,1-4H3. The molecule has 0 amide bonds. The summed E-state index contributed by atoms with van der Waals surface area (Å²) in [5.41, 5.74) is 0. The first-order valence-electron chi connectivity index (χ1n) is 9.36. The summed E-state index contributed by atoms with van der Waals surface area (Å²) in [5.74, 6) is 0. The highest BCUT2D eigenvalue weighted by Crippen LogP contribution is 2.08. The Balaban J connectivity index is 4.02. The lowest BCUT2D eigenvalue weighted by Gasteiger charge is -2.23. The zero-order chi connectivity index (χ0) is 17.2. The third-order valence-corrected chi connectivity index (χ3v) is 3.38. The van der Waals surface area contributed by atoms with Crippen molar-refractivity contribution in [3.63, 3.8) is 0 Å². The SMILES string of the molecule is CCCCOCOC(CCC)[N]C(CCC)OCOCCCC. The maximum atomic E-state index is 5.74. The molecule has 2 atom stereocenters. The summed E-state index contributed by atoms with van der Waals surface area (Å²) in [6.45, 7) is 10.7. The van der Waals surface area contributed by atoms with Crippen molar-refractivity contribution in [2.75, 3.05) is 26.8 Å². The fraction of sp³-hybridized carbons (Fsp3) is 1.00. The van der Waals surface area contributed by atoms with Gasteiger partial charge < -0.3 is 18.9 Å². The minimum atomic E-state index is -0.159. The second-order valence-electron chi connectivity index (χ2n) is 5.73. The molecule has 0 aromatic rings. The van der Waals surface area contributed by atoms with Gasteiger partial charge in [-0.25, -0.2) is 0 Å². The van der Waals surface area contributed by atoms with Gasteiger partial charge >= 0.3 is 0 Å². The van der Waals surface area contributed by atoms with Crippen molar-refractivity contribution in [2.45, 2.75) is 91.5 Å². The van der Waals surface area contributed by atoms with E-state index in [4.69, 9.17) is 18.9 Å². The Morgan fingerprint density at radius 3 is 1.43 bits per heavy atom. The van der Waals surface area contributed by atoms with E-state index in [1.165, 1.54) is 0 Å². The van der Waals surface area contributed by atoms with Crippen LogP contribution in [0.2, 0.25) is 0 Å². The smallest absolute Gasteiger partial charge is 0.148 e. The molecule has 139 valence electrons. The molecule has 5 nitrogen and oxygen atoms in total. The molecule has 0 aliphatic rings. The Morgan fingerprint density at radius 1 is 0.652 bits per heavy atom. The molecule has 1 radical (unpaired) electrons. The number of ether oxygens (including phenoxy) is 4. The van der Waals surface area contributed by atoms with E-state index in [-0.39, 0.29) is 12.5 Å². The lowest BCUT2D eigenvalue weighted by molar-refractivity contribution is -0.148. The van der Waals surface area contributed by atoms with E-state index in [9.17, 15) is 0 Å². The van der Waals surface area contributed by atoms with E-state index in [0.717, 1.165) is 64.6 Å². The van der Waals surface area contributed by atoms with Crippen LogP contribution in [0.25, 0.3) is 0 Å². The van der Waals surface area contributed by atoms with Crippen molar-refractivity contribution in [1.82, 2.24) is 5.32 Å². The number of hydrogen-bond donors (Lipinski definition) is 0. The zero-order valence-corrected chi connectivity index (χ0v) is 15.7. The first kappa shape index (κ1) is 22.8. The Labute approximate surface area is 143 Å². The normalized spacial score (nSPS) is 14.1. The maximum absolute atomic E-state index is 5.74. The van der Waals surface area contributed by atoms with Gasteiger partial charge in [-0.1, -0.05) is 53.4 Å². The summed E-state index contributed by atoms with van der Waals surface area (Å²) < 4.78 is 22.4. The molecule has 0 spiro atoms. The summed E-state index contributed by atoms with van der Waals surface area (Å²) in [6, 6.07) is 0. The fourth-order valence-electron chi connectivity index (χ4n) is 1.95. The summed E-state index contributed by atoms with van der Waals surface area (Å²) >= 11 is 0. The summed E-state index contributed by atoms with van der Waals surface area (Å²) in [7, 11) is 0. The predicted octanol–water partition coefficient (Wildman–Crippen LogP) is 4.42. The summed E-state index contributed by atoms with van der Waals surface area (Å²) in [5, 5.41) is 4.69. The Kier molecular flexibility index (Phi) is 18.0. The Bertz CT molecular complexity index is 207. The second kappa shape index (κ2) is 18.1. The zero-order valence-electron chi connectivity index (χ0n) is 15.7. The number of hydrogen-bond acceptors (Lipinski definition) is 4.